The van der Waals surface area contributed by atoms with E-state index in [4.69, 9.17) is 20.4 Å². The Hall–Kier alpha value is -1.40. The molecule has 0 radical (unpaired) electrons. The molecule has 0 saturated carbocycles. The Morgan fingerprint density at radius 1 is 0.292 bits per heavy atom. The summed E-state index contributed by atoms with van der Waals surface area (Å²) in [5.74, 6) is -65.5. The maximum atomic E-state index is 10.6. The average molecular weight is 1020 g/mol. The number of carbonyl (C=O) groups is 2. The fourth-order valence-corrected chi connectivity index (χ4v) is 6.01. The van der Waals surface area contributed by atoms with Gasteiger partial charge < -0.3 is 142 Å². The fraction of sp³-hybridized carbons (Fsp3) is 0.944. The van der Waals surface area contributed by atoms with Crippen molar-refractivity contribution in [3.8, 4) is 0 Å². The maximum Gasteiger partial charge on any atom is 2.00 e. The molecule has 0 aliphatic carbocycles. The van der Waals surface area contributed by atoms with Crippen molar-refractivity contribution in [2.75, 3.05) is 0 Å². The Balaban J connectivity index is -0.00000116. The van der Waals surface area contributed by atoms with Crippen LogP contribution in [-0.2, 0) is 29.1 Å². The first-order chi connectivity index (χ1) is 28.5. The zero-order valence-corrected chi connectivity index (χ0v) is 39.2. The summed E-state index contributed by atoms with van der Waals surface area (Å²) in [6.45, 7) is 4.13. The summed E-state index contributed by atoms with van der Waals surface area (Å²) >= 11 is 0. The van der Waals surface area contributed by atoms with Crippen LogP contribution >= 0.6 is 0 Å². The van der Waals surface area contributed by atoms with Gasteiger partial charge >= 0.3 is 19.5 Å². The molecule has 0 aliphatic rings. The minimum Gasteiger partial charge on any atom is -0.544 e. The third kappa shape index (κ3) is 14.8. The number of hydrogen-bond donors (Lipinski definition) is 24. The number of carboxylic acids is 2. The van der Waals surface area contributed by atoms with E-state index in [-0.39, 0.29) is 32.3 Å². The van der Waals surface area contributed by atoms with E-state index in [0.717, 1.165) is 77.0 Å². The quantitative estimate of drug-likeness (QED) is 0.0169. The molecular weight excluding hydrogens is 946 g/mol. The SMILES string of the molecule is CCCCCCCCCCCC(O)(O)C(O)(O)C(O)(O)C(O)(O)C(O)(O)C(O)(O)C(=O)[O-].CCCCCCCCCCCC(O)(O)C(O)(O)C(O)(O)C(O)(O)C(O)(O)C(O)(O)C(=O)[O-].[Zn+2]. The summed E-state index contributed by atoms with van der Waals surface area (Å²) in [4.78, 5) is 21.3. The number of aliphatic hydroxyl groups is 24. The number of hydrogen-bond acceptors (Lipinski definition) is 28. The van der Waals surface area contributed by atoms with Gasteiger partial charge in [-0.2, -0.15) is 0 Å². The molecular formula is C36H70O28Zn. The second-order valence-corrected chi connectivity index (χ2v) is 16.1. The molecule has 29 heteroatoms. The second kappa shape index (κ2) is 25.5. The van der Waals surface area contributed by atoms with Crippen molar-refractivity contribution < 1.29 is 162 Å². The zero-order valence-electron chi connectivity index (χ0n) is 36.2. The van der Waals surface area contributed by atoms with Gasteiger partial charge in [0.05, 0.1) is 0 Å². The van der Waals surface area contributed by atoms with Gasteiger partial charge in [-0.25, -0.2) is 0 Å². The van der Waals surface area contributed by atoms with Gasteiger partial charge in [0.2, 0.25) is 11.6 Å². The Labute approximate surface area is 384 Å². The minimum atomic E-state index is -5.33. The number of rotatable bonds is 32. The molecule has 0 fully saturated rings. The summed E-state index contributed by atoms with van der Waals surface area (Å²) in [5.41, 5.74) is 0. The standard InChI is InChI=1S/2C18H36O14.Zn/c2*1-2-3-4-5-6-7-8-9-10-11-13(21,22)15(25,26)17(29,30)18(31,32)16(27,28)14(23,24)12(19)20;/h2*21-32H,2-11H2,1H3,(H,19,20);/q;;+2/p-2. The van der Waals surface area contributed by atoms with Gasteiger partial charge in [0, 0.05) is 12.8 Å². The Bertz CT molecular complexity index is 1300. The monoisotopic (exact) mass is 1010 g/mol. The van der Waals surface area contributed by atoms with Crippen molar-refractivity contribution in [1.29, 1.82) is 0 Å². The van der Waals surface area contributed by atoms with Gasteiger partial charge in [-0.3, -0.25) is 0 Å². The molecule has 0 aromatic heterocycles. The van der Waals surface area contributed by atoms with Crippen LogP contribution in [0.5, 0.6) is 0 Å². The van der Waals surface area contributed by atoms with E-state index in [1.54, 1.807) is 0 Å². The third-order valence-electron chi connectivity index (χ3n) is 10.8. The third-order valence-corrected chi connectivity index (χ3v) is 10.8. The molecule has 0 aromatic rings. The molecule has 0 bridgehead atoms. The maximum absolute atomic E-state index is 10.6. The van der Waals surface area contributed by atoms with E-state index in [0.29, 0.717) is 25.7 Å². The topological polar surface area (TPSA) is 566 Å². The summed E-state index contributed by atoms with van der Waals surface area (Å²) in [6, 6.07) is 0. The Morgan fingerprint density at radius 2 is 0.462 bits per heavy atom. The summed E-state index contributed by atoms with van der Waals surface area (Å²) < 4.78 is 0. The van der Waals surface area contributed by atoms with Crippen LogP contribution in [0.4, 0.5) is 0 Å². The van der Waals surface area contributed by atoms with E-state index in [1.807, 2.05) is 0 Å². The molecule has 0 atom stereocenters. The van der Waals surface area contributed by atoms with Gasteiger partial charge in [-0.05, 0) is 12.8 Å². The molecule has 0 saturated heterocycles. The smallest absolute Gasteiger partial charge is 0.544 e. The first kappa shape index (κ1) is 67.9. The van der Waals surface area contributed by atoms with Crippen LogP contribution in [0.2, 0.25) is 0 Å². The van der Waals surface area contributed by atoms with Crippen molar-refractivity contribution in [1.82, 2.24) is 0 Å². The molecule has 65 heavy (non-hydrogen) atoms. The van der Waals surface area contributed by atoms with E-state index in [1.165, 1.54) is 0 Å². The molecule has 384 valence electrons. The van der Waals surface area contributed by atoms with Crippen molar-refractivity contribution in [2.24, 2.45) is 0 Å². The largest absolute Gasteiger partial charge is 2.00 e. The normalized spacial score (nSPS) is 14.4. The van der Waals surface area contributed by atoms with Crippen LogP contribution in [0.15, 0.2) is 0 Å². The fourth-order valence-electron chi connectivity index (χ4n) is 6.01. The molecule has 24 N–H and O–H groups in total. The first-order valence-electron chi connectivity index (χ1n) is 20.3. The van der Waals surface area contributed by atoms with E-state index < -0.39 is 94.2 Å². The van der Waals surface area contributed by atoms with E-state index in [9.17, 15) is 122 Å². The van der Waals surface area contributed by atoms with Crippen molar-refractivity contribution in [2.45, 2.75) is 212 Å². The molecule has 0 heterocycles. The molecule has 0 aromatic carbocycles. The molecule has 0 unspecified atom stereocenters. The van der Waals surface area contributed by atoms with E-state index in [2.05, 4.69) is 13.8 Å². The summed E-state index contributed by atoms with van der Waals surface area (Å²) in [5, 5.41) is 253. The number of carboxylic acid groups (broad SMARTS) is 2. The molecule has 0 amide bonds. The van der Waals surface area contributed by atoms with Crippen LogP contribution in [0.25, 0.3) is 0 Å². The van der Waals surface area contributed by atoms with Crippen LogP contribution < -0.4 is 10.2 Å². The number of unbranched alkanes of at least 4 members (excludes halogenated alkanes) is 16. The van der Waals surface area contributed by atoms with E-state index >= 15 is 0 Å². The predicted molar refractivity (Wildman–Crippen MR) is 200 cm³/mol. The van der Waals surface area contributed by atoms with Crippen LogP contribution in [0.1, 0.15) is 142 Å². The van der Waals surface area contributed by atoms with Crippen LogP contribution in [0.3, 0.4) is 0 Å². The summed E-state index contributed by atoms with van der Waals surface area (Å²) in [6.07, 6.45) is 11.4. The Morgan fingerprint density at radius 3 is 0.646 bits per heavy atom. The predicted octanol–water partition coefficient (Wildman–Crippen LogP) is -10.5. The van der Waals surface area contributed by atoms with Crippen LogP contribution in [0, 0.1) is 0 Å². The molecule has 0 aliphatic heterocycles. The van der Waals surface area contributed by atoms with Crippen molar-refractivity contribution in [3.05, 3.63) is 0 Å². The van der Waals surface area contributed by atoms with Crippen LogP contribution in [-0.4, -0.2) is 204 Å². The Kier molecular flexibility index (Phi) is 26.6. The van der Waals surface area contributed by atoms with Gasteiger partial charge in [0.1, 0.15) is 11.9 Å². The number of carbonyl (C=O) groups excluding carboxylic acids is 2. The van der Waals surface area contributed by atoms with Crippen molar-refractivity contribution in [3.63, 3.8) is 0 Å². The number of aliphatic carboxylic acids is 2. The van der Waals surface area contributed by atoms with Gasteiger partial charge in [0.25, 0.3) is 57.9 Å². The second-order valence-electron chi connectivity index (χ2n) is 16.1. The minimum absolute atomic E-state index is 0. The molecule has 0 rings (SSSR count). The molecule has 28 nitrogen and oxygen atoms in total. The van der Waals surface area contributed by atoms with Gasteiger partial charge in [0.15, 0.2) is 0 Å². The summed E-state index contributed by atoms with van der Waals surface area (Å²) in [7, 11) is 0. The first-order valence-corrected chi connectivity index (χ1v) is 20.3. The zero-order chi connectivity index (χ0) is 51.3. The average Bonchev–Trinajstić information content (AvgIpc) is 3.15. The molecule has 0 spiro atoms. The van der Waals surface area contributed by atoms with Crippen molar-refractivity contribution >= 4 is 11.9 Å². The van der Waals surface area contributed by atoms with Gasteiger partial charge in [-0.15, -0.1) is 0 Å². The van der Waals surface area contributed by atoms with Gasteiger partial charge in [-0.1, -0.05) is 117 Å².